The zero-order valence-corrected chi connectivity index (χ0v) is 8.44. The summed E-state index contributed by atoms with van der Waals surface area (Å²) in [5.74, 6) is -9.72. The molecule has 0 amide bonds. The van der Waals surface area contributed by atoms with Crippen molar-refractivity contribution in [3.05, 3.63) is 11.9 Å². The smallest absolute Gasteiger partial charge is 0.215 e. The summed E-state index contributed by atoms with van der Waals surface area (Å²) in [6.45, 7) is 0. The molecule has 0 radical (unpaired) electrons. The molecule has 0 aromatic carbocycles. The molecule has 0 aliphatic carbocycles. The van der Waals surface area contributed by atoms with E-state index in [2.05, 4.69) is 0 Å². The van der Waals surface area contributed by atoms with Gasteiger partial charge in [-0.05, 0) is 22.6 Å². The van der Waals surface area contributed by atoms with Crippen LogP contribution in [0, 0.1) is 0 Å². The maximum Gasteiger partial charge on any atom is 0.438 e. The second kappa shape index (κ2) is 4.01. The van der Waals surface area contributed by atoms with Crippen LogP contribution in [0.2, 0.25) is 0 Å². The summed E-state index contributed by atoms with van der Waals surface area (Å²) in [7, 11) is 0. The number of alkyl halides is 7. The van der Waals surface area contributed by atoms with Gasteiger partial charge in [0.25, 0.3) is 0 Å². The Morgan fingerprint density at radius 3 is 1.33 bits per heavy atom. The van der Waals surface area contributed by atoms with Crippen molar-refractivity contribution in [2.75, 3.05) is 0 Å². The maximum absolute atomic E-state index is 12.5. The Balaban J connectivity index is 5.49. The lowest BCUT2D eigenvalue weighted by Gasteiger charge is -2.28. The molecule has 0 bridgehead atoms. The Morgan fingerprint density at radius 1 is 0.800 bits per heavy atom. The molecule has 0 saturated heterocycles. The minimum absolute atomic E-state index is 0.475. The van der Waals surface area contributed by atoms with Crippen molar-refractivity contribution in [2.24, 2.45) is 0 Å². The molecule has 90 valence electrons. The standard InChI is InChI=1S/C5F9I/c6-1(2(7)8)3(9,10)4(11,15)5(12,13)14. The second-order valence-electron chi connectivity index (χ2n) is 2.22. The van der Waals surface area contributed by atoms with E-state index in [0.29, 0.717) is 0 Å². The van der Waals surface area contributed by atoms with E-state index in [-0.39, 0.29) is 0 Å². The van der Waals surface area contributed by atoms with Crippen LogP contribution in [0.15, 0.2) is 11.9 Å². The van der Waals surface area contributed by atoms with Gasteiger partial charge in [-0.3, -0.25) is 0 Å². The van der Waals surface area contributed by atoms with E-state index in [1.807, 2.05) is 0 Å². The second-order valence-corrected chi connectivity index (χ2v) is 3.71. The van der Waals surface area contributed by atoms with Gasteiger partial charge in [0.1, 0.15) is 0 Å². The third kappa shape index (κ3) is 2.50. The molecular weight excluding hydrogens is 358 g/mol. The highest BCUT2D eigenvalue weighted by Gasteiger charge is 2.72. The zero-order chi connectivity index (χ0) is 12.7. The molecule has 0 heterocycles. The number of halogens is 10. The summed E-state index contributed by atoms with van der Waals surface area (Å²) in [4.78, 5) is 0. The predicted octanol–water partition coefficient (Wildman–Crippen LogP) is 4.36. The van der Waals surface area contributed by atoms with E-state index in [1.54, 1.807) is 0 Å². The molecule has 1 atom stereocenters. The third-order valence-electron chi connectivity index (χ3n) is 1.19. The largest absolute Gasteiger partial charge is 0.438 e. The molecule has 0 nitrogen and oxygen atoms in total. The van der Waals surface area contributed by atoms with Gasteiger partial charge in [-0.1, -0.05) is 0 Å². The van der Waals surface area contributed by atoms with E-state index in [4.69, 9.17) is 0 Å². The SMILES string of the molecule is FC(F)=C(F)C(F)(F)C(F)(I)C(F)(F)F. The molecule has 0 aromatic rings. The van der Waals surface area contributed by atoms with Crippen LogP contribution in [-0.2, 0) is 0 Å². The average molecular weight is 358 g/mol. The molecule has 0 aromatic heterocycles. The van der Waals surface area contributed by atoms with E-state index in [1.165, 1.54) is 0 Å². The Labute approximate surface area is 90.3 Å². The van der Waals surface area contributed by atoms with Gasteiger partial charge in [-0.15, -0.1) is 0 Å². The van der Waals surface area contributed by atoms with E-state index in [0.717, 1.165) is 0 Å². The van der Waals surface area contributed by atoms with Crippen LogP contribution in [0.5, 0.6) is 0 Å². The molecular formula is C5F9I. The van der Waals surface area contributed by atoms with Gasteiger partial charge in [-0.25, -0.2) is 4.39 Å². The van der Waals surface area contributed by atoms with Crippen molar-refractivity contribution >= 4 is 22.6 Å². The van der Waals surface area contributed by atoms with Crippen molar-refractivity contribution in [3.63, 3.8) is 0 Å². The molecule has 0 N–H and O–H groups in total. The number of rotatable bonds is 2. The Bertz CT molecular complexity index is 271. The van der Waals surface area contributed by atoms with Crippen LogP contribution in [-0.4, -0.2) is 15.8 Å². The molecule has 0 saturated carbocycles. The van der Waals surface area contributed by atoms with Crippen molar-refractivity contribution in [1.29, 1.82) is 0 Å². The molecule has 0 aliphatic rings. The van der Waals surface area contributed by atoms with Gasteiger partial charge in [-0.2, -0.15) is 35.1 Å². The minimum atomic E-state index is -6.19. The third-order valence-corrected chi connectivity index (χ3v) is 2.48. The number of hydrogen-bond donors (Lipinski definition) is 0. The Hall–Kier alpha value is -0.160. The maximum atomic E-state index is 12.5. The molecule has 15 heavy (non-hydrogen) atoms. The van der Waals surface area contributed by atoms with Gasteiger partial charge in [0, 0.05) is 0 Å². The molecule has 0 fully saturated rings. The lowest BCUT2D eigenvalue weighted by Crippen LogP contribution is -2.51. The highest BCUT2D eigenvalue weighted by molar-refractivity contribution is 14.1. The van der Waals surface area contributed by atoms with Crippen LogP contribution < -0.4 is 0 Å². The normalized spacial score (nSPS) is 17.2. The summed E-state index contributed by atoms with van der Waals surface area (Å²) >= 11 is -0.475. The topological polar surface area (TPSA) is 0 Å². The minimum Gasteiger partial charge on any atom is -0.215 e. The Morgan fingerprint density at radius 2 is 1.13 bits per heavy atom. The van der Waals surface area contributed by atoms with Gasteiger partial charge in [0.2, 0.25) is 5.83 Å². The summed E-state index contributed by atoms with van der Waals surface area (Å²) < 4.78 is 101. The van der Waals surface area contributed by atoms with Crippen LogP contribution in [0.1, 0.15) is 0 Å². The van der Waals surface area contributed by atoms with Crippen molar-refractivity contribution < 1.29 is 39.5 Å². The molecule has 0 spiro atoms. The first-order valence-corrected chi connectivity index (χ1v) is 3.97. The lowest BCUT2D eigenvalue weighted by molar-refractivity contribution is -0.247. The zero-order valence-electron chi connectivity index (χ0n) is 6.28. The fourth-order valence-electron chi connectivity index (χ4n) is 0.435. The van der Waals surface area contributed by atoms with E-state index in [9.17, 15) is 39.5 Å². The monoisotopic (exact) mass is 358 g/mol. The summed E-state index contributed by atoms with van der Waals surface area (Å²) in [5, 5.41) is 0. The highest BCUT2D eigenvalue weighted by atomic mass is 127. The van der Waals surface area contributed by atoms with E-state index < -0.39 is 50.3 Å². The molecule has 0 aliphatic heterocycles. The van der Waals surface area contributed by atoms with Crippen molar-refractivity contribution in [3.8, 4) is 0 Å². The summed E-state index contributed by atoms with van der Waals surface area (Å²) in [6.07, 6.45) is -9.90. The van der Waals surface area contributed by atoms with Gasteiger partial charge >= 0.3 is 21.9 Å². The van der Waals surface area contributed by atoms with Gasteiger partial charge < -0.3 is 0 Å². The van der Waals surface area contributed by atoms with Crippen molar-refractivity contribution in [2.45, 2.75) is 15.8 Å². The first kappa shape index (κ1) is 14.8. The fraction of sp³-hybridized carbons (Fsp3) is 0.600. The quantitative estimate of drug-likeness (QED) is 0.391. The molecule has 10 heteroatoms. The van der Waals surface area contributed by atoms with Crippen LogP contribution >= 0.6 is 22.6 Å². The van der Waals surface area contributed by atoms with Crippen LogP contribution in [0.3, 0.4) is 0 Å². The number of allylic oxidation sites excluding steroid dienone is 1. The first-order valence-electron chi connectivity index (χ1n) is 2.89. The molecule has 0 rings (SSSR count). The first-order chi connectivity index (χ1) is 6.35. The van der Waals surface area contributed by atoms with Crippen molar-refractivity contribution in [1.82, 2.24) is 0 Å². The Kier molecular flexibility index (Phi) is 3.97. The predicted molar refractivity (Wildman–Crippen MR) is 39.2 cm³/mol. The lowest BCUT2D eigenvalue weighted by atomic mass is 10.2. The highest BCUT2D eigenvalue weighted by Crippen LogP contribution is 2.53. The fourth-order valence-corrected chi connectivity index (χ4v) is 0.671. The van der Waals surface area contributed by atoms with Gasteiger partial charge in [0.05, 0.1) is 0 Å². The van der Waals surface area contributed by atoms with Gasteiger partial charge in [0.15, 0.2) is 0 Å². The van der Waals surface area contributed by atoms with Crippen LogP contribution in [0.25, 0.3) is 0 Å². The van der Waals surface area contributed by atoms with Crippen LogP contribution in [0.4, 0.5) is 39.5 Å². The molecule has 1 unspecified atom stereocenters. The summed E-state index contributed by atoms with van der Waals surface area (Å²) in [5.41, 5.74) is 0. The summed E-state index contributed by atoms with van der Waals surface area (Å²) in [6, 6.07) is 0. The van der Waals surface area contributed by atoms with E-state index >= 15 is 0 Å². The average Bonchev–Trinajstić information content (AvgIpc) is 2.00. The number of hydrogen-bond acceptors (Lipinski definition) is 0.